The number of aliphatic hydroxyl groups is 4. The number of carboxylic acid groups (broad SMARTS) is 3. The number of ether oxygens (including phenoxy) is 1. The largest absolute Gasteiger partial charge is 0.481 e. The van der Waals surface area contributed by atoms with Gasteiger partial charge in [0.05, 0.1) is 18.9 Å². The van der Waals surface area contributed by atoms with Gasteiger partial charge in [0.2, 0.25) is 5.91 Å². The average Bonchev–Trinajstić information content (AvgIpc) is 2.69. The fourth-order valence-electron chi connectivity index (χ4n) is 4.22. The van der Waals surface area contributed by atoms with E-state index in [9.17, 15) is 54.9 Å². The van der Waals surface area contributed by atoms with E-state index in [1.165, 1.54) is 13.8 Å². The van der Waals surface area contributed by atoms with Crippen molar-refractivity contribution in [3.8, 4) is 0 Å². The maximum atomic E-state index is 12.4. The van der Waals surface area contributed by atoms with E-state index < -0.39 is 89.9 Å². The van der Waals surface area contributed by atoms with Gasteiger partial charge in [0.1, 0.15) is 29.9 Å². The van der Waals surface area contributed by atoms with Crippen molar-refractivity contribution < 1.29 is 59.7 Å². The van der Waals surface area contributed by atoms with Gasteiger partial charge >= 0.3 is 17.9 Å². The molecule has 1 unspecified atom stereocenters. The Bertz CT molecular complexity index is 794. The molecule has 0 saturated carbocycles. The summed E-state index contributed by atoms with van der Waals surface area (Å²) in [5.41, 5.74) is 5.81. The van der Waals surface area contributed by atoms with Crippen LogP contribution in [0.3, 0.4) is 0 Å². The van der Waals surface area contributed by atoms with E-state index in [0.717, 1.165) is 6.92 Å². The second-order valence-corrected chi connectivity index (χ2v) is 8.40. The Kier molecular flexibility index (Phi) is 8.54. The first-order valence-corrected chi connectivity index (χ1v) is 9.83. The van der Waals surface area contributed by atoms with Gasteiger partial charge in [-0.2, -0.15) is 0 Å². The molecule has 0 spiro atoms. The zero-order valence-electron chi connectivity index (χ0n) is 18.2. The summed E-state index contributed by atoms with van der Waals surface area (Å²) in [7, 11) is 0. The molecule has 1 rings (SSSR count). The summed E-state index contributed by atoms with van der Waals surface area (Å²) in [5.74, 6) is -13.7. The molecule has 1 amide bonds. The molecule has 0 bridgehead atoms. The number of nitrogens with one attached hydrogen (secondary N) is 1. The Morgan fingerprint density at radius 3 is 1.85 bits per heavy atom. The minimum absolute atomic E-state index is 0.926. The fraction of sp³-hybridized carbons (Fsp3) is 0.778. The number of amides is 1. The molecule has 12 N–H and O–H groups in total. The molecule has 0 aromatic rings. The Morgan fingerprint density at radius 2 is 1.52 bits per heavy atom. The predicted molar refractivity (Wildman–Crippen MR) is 106 cm³/mol. The van der Waals surface area contributed by atoms with Crippen LogP contribution in [0.5, 0.6) is 0 Å². The van der Waals surface area contributed by atoms with Crippen LogP contribution in [0.15, 0.2) is 0 Å². The maximum Gasteiger partial charge on any atom is 0.326 e. The summed E-state index contributed by atoms with van der Waals surface area (Å²) < 4.78 is 5.26. The Labute approximate surface area is 187 Å². The highest BCUT2D eigenvalue weighted by Gasteiger charge is 2.71. The topological polar surface area (TPSA) is 283 Å². The molecule has 8 atom stereocenters. The third-order valence-corrected chi connectivity index (χ3v) is 6.13. The zero-order chi connectivity index (χ0) is 26.1. The van der Waals surface area contributed by atoms with Gasteiger partial charge < -0.3 is 57.3 Å². The van der Waals surface area contributed by atoms with Gasteiger partial charge in [0, 0.05) is 6.92 Å². The SMILES string of the molecule is CC(=O)N[C@@H]1[C@@H](O)[C@H](O)[C@@H](CO)O[C@]1(O)C(CC(=O)O)[C@@](N)(C(=O)O)[C@](N)(C(=O)O)C(C)C. The number of nitrogens with two attached hydrogens (primary N) is 2. The minimum Gasteiger partial charge on any atom is -0.481 e. The molecule has 190 valence electrons. The van der Waals surface area contributed by atoms with Gasteiger partial charge in [-0.05, 0) is 5.92 Å². The van der Waals surface area contributed by atoms with Crippen LogP contribution in [0.2, 0.25) is 0 Å². The lowest BCUT2D eigenvalue weighted by Gasteiger charge is -2.56. The highest BCUT2D eigenvalue weighted by Crippen LogP contribution is 2.45. The van der Waals surface area contributed by atoms with Crippen LogP contribution in [-0.2, 0) is 23.9 Å². The van der Waals surface area contributed by atoms with Gasteiger partial charge in [-0.1, -0.05) is 13.8 Å². The van der Waals surface area contributed by atoms with Crippen molar-refractivity contribution in [1.82, 2.24) is 5.32 Å². The van der Waals surface area contributed by atoms with E-state index in [2.05, 4.69) is 0 Å². The van der Waals surface area contributed by atoms with Gasteiger partial charge in [-0.3, -0.25) is 19.2 Å². The Hall–Kier alpha value is -2.40. The maximum absolute atomic E-state index is 12.4. The fourth-order valence-corrected chi connectivity index (χ4v) is 4.22. The normalized spacial score (nSPS) is 32.3. The smallest absolute Gasteiger partial charge is 0.326 e. The number of hydrogen-bond acceptors (Lipinski definition) is 11. The van der Waals surface area contributed by atoms with Crippen LogP contribution in [0.1, 0.15) is 27.2 Å². The highest BCUT2D eigenvalue weighted by molar-refractivity contribution is 5.94. The number of carbonyl (C=O) groups is 4. The van der Waals surface area contributed by atoms with E-state index in [1.54, 1.807) is 0 Å². The molecule has 0 aliphatic carbocycles. The Morgan fingerprint density at radius 1 is 1.03 bits per heavy atom. The van der Waals surface area contributed by atoms with Gasteiger partial charge in [-0.25, -0.2) is 0 Å². The van der Waals surface area contributed by atoms with Crippen molar-refractivity contribution in [3.63, 3.8) is 0 Å². The van der Waals surface area contributed by atoms with Crippen molar-refractivity contribution >= 4 is 23.8 Å². The summed E-state index contributed by atoms with van der Waals surface area (Å²) in [6, 6.07) is -2.11. The lowest BCUT2D eigenvalue weighted by molar-refractivity contribution is -0.347. The van der Waals surface area contributed by atoms with Crippen LogP contribution < -0.4 is 16.8 Å². The van der Waals surface area contributed by atoms with Crippen molar-refractivity contribution in [3.05, 3.63) is 0 Å². The molecule has 1 heterocycles. The number of aliphatic hydroxyl groups excluding tert-OH is 3. The Balaban J connectivity index is 4.01. The summed E-state index contributed by atoms with van der Waals surface area (Å²) in [6.45, 7) is 2.27. The van der Waals surface area contributed by atoms with Gasteiger partial charge in [-0.15, -0.1) is 0 Å². The number of carbonyl (C=O) groups excluding carboxylic acids is 1. The molecule has 0 radical (unpaired) electrons. The van der Waals surface area contributed by atoms with Crippen molar-refractivity contribution in [1.29, 1.82) is 0 Å². The van der Waals surface area contributed by atoms with E-state index in [4.69, 9.17) is 16.2 Å². The second kappa shape index (κ2) is 9.84. The van der Waals surface area contributed by atoms with E-state index in [0.29, 0.717) is 0 Å². The van der Waals surface area contributed by atoms with Crippen molar-refractivity contribution in [2.45, 2.75) is 68.4 Å². The van der Waals surface area contributed by atoms with E-state index >= 15 is 0 Å². The summed E-state index contributed by atoms with van der Waals surface area (Å²) in [6.07, 6.45) is -7.23. The molecule has 1 aliphatic rings. The minimum atomic E-state index is -3.29. The molecule has 1 saturated heterocycles. The summed E-state index contributed by atoms with van der Waals surface area (Å²) in [5, 5.41) is 73.1. The monoisotopic (exact) mass is 481 g/mol. The third kappa shape index (κ3) is 4.65. The molecular weight excluding hydrogens is 450 g/mol. The first-order valence-electron chi connectivity index (χ1n) is 9.83. The molecule has 33 heavy (non-hydrogen) atoms. The second-order valence-electron chi connectivity index (χ2n) is 8.40. The predicted octanol–water partition coefficient (Wildman–Crippen LogP) is -4.40. The van der Waals surface area contributed by atoms with Crippen LogP contribution in [0.4, 0.5) is 0 Å². The molecule has 15 nitrogen and oxygen atoms in total. The average molecular weight is 481 g/mol. The standard InChI is InChI=1S/C18H31N3O12/c1-6(2)16(19,14(28)29)17(20,15(30)31)9(4-10(24)25)18(32)13(21-7(3)23)12(27)11(26)8(5-22)33-18/h6,8-9,11-13,22,26-27,32H,4-5,19-20H2,1-3H3,(H,21,23)(H,24,25)(H,28,29)(H,30,31)/t8-,9?,11-,12+,13-,16-,17-,18-/m1/s1. The van der Waals surface area contributed by atoms with E-state index in [-0.39, 0.29) is 0 Å². The molecular formula is C18H31N3O12. The third-order valence-electron chi connectivity index (χ3n) is 6.13. The number of rotatable bonds is 10. The molecule has 0 aromatic heterocycles. The first-order chi connectivity index (χ1) is 14.9. The quantitative estimate of drug-likeness (QED) is 0.141. The lowest BCUT2D eigenvalue weighted by Crippen LogP contribution is -2.84. The summed E-state index contributed by atoms with van der Waals surface area (Å²) in [4.78, 5) is 48.0. The summed E-state index contributed by atoms with van der Waals surface area (Å²) >= 11 is 0. The number of carboxylic acids is 3. The molecule has 15 heteroatoms. The molecule has 0 aromatic carbocycles. The first kappa shape index (κ1) is 28.6. The van der Waals surface area contributed by atoms with Crippen LogP contribution in [0, 0.1) is 11.8 Å². The van der Waals surface area contributed by atoms with E-state index in [1.807, 2.05) is 5.32 Å². The lowest BCUT2D eigenvalue weighted by atomic mass is 9.59. The zero-order valence-corrected chi connectivity index (χ0v) is 18.2. The van der Waals surface area contributed by atoms with Gasteiger partial charge in [0.15, 0.2) is 11.3 Å². The molecule has 1 aliphatic heterocycles. The number of aliphatic carboxylic acids is 3. The van der Waals surface area contributed by atoms with Gasteiger partial charge in [0.25, 0.3) is 0 Å². The molecule has 1 fully saturated rings. The number of hydrogen-bond donors (Lipinski definition) is 10. The van der Waals surface area contributed by atoms with Crippen LogP contribution >= 0.6 is 0 Å². The van der Waals surface area contributed by atoms with Crippen LogP contribution in [-0.4, -0.2) is 107 Å². The highest BCUT2D eigenvalue weighted by atomic mass is 16.7. The van der Waals surface area contributed by atoms with Crippen LogP contribution in [0.25, 0.3) is 0 Å². The van der Waals surface area contributed by atoms with Crippen molar-refractivity contribution in [2.75, 3.05) is 6.61 Å². The van der Waals surface area contributed by atoms with Crippen molar-refractivity contribution in [2.24, 2.45) is 23.3 Å².